The fourth-order valence-electron chi connectivity index (χ4n) is 3.72. The van der Waals surface area contributed by atoms with Crippen LogP contribution in [0, 0.1) is 11.3 Å². The van der Waals surface area contributed by atoms with E-state index in [0.717, 1.165) is 49.4 Å². The Labute approximate surface area is 137 Å². The van der Waals surface area contributed by atoms with Crippen molar-refractivity contribution in [3.63, 3.8) is 0 Å². The number of hydrogen-bond acceptors (Lipinski definition) is 4. The first-order valence-corrected chi connectivity index (χ1v) is 8.64. The van der Waals surface area contributed by atoms with Gasteiger partial charge in [-0.1, -0.05) is 6.92 Å². The molecule has 128 valence electrons. The quantitative estimate of drug-likeness (QED) is 0.872. The lowest BCUT2D eigenvalue weighted by Crippen LogP contribution is -2.40. The Morgan fingerprint density at radius 1 is 1.43 bits per heavy atom. The minimum absolute atomic E-state index is 0.0133. The minimum atomic E-state index is -0.0133. The molecule has 3 rings (SSSR count). The van der Waals surface area contributed by atoms with E-state index in [9.17, 15) is 9.90 Å². The molecule has 1 aromatic heterocycles. The lowest BCUT2D eigenvalue weighted by atomic mass is 9.75. The van der Waals surface area contributed by atoms with Gasteiger partial charge in [-0.15, -0.1) is 0 Å². The van der Waals surface area contributed by atoms with Crippen LogP contribution in [0.25, 0.3) is 0 Å². The number of hydrogen-bond donors (Lipinski definition) is 2. The summed E-state index contributed by atoms with van der Waals surface area (Å²) in [5.41, 5.74) is 2.86. The maximum Gasteiger partial charge on any atom is 0.269 e. The van der Waals surface area contributed by atoms with Gasteiger partial charge >= 0.3 is 0 Å². The molecule has 2 N–H and O–H groups in total. The highest BCUT2D eigenvalue weighted by Crippen LogP contribution is 2.38. The van der Waals surface area contributed by atoms with E-state index in [0.29, 0.717) is 19.5 Å². The zero-order valence-corrected chi connectivity index (χ0v) is 14.1. The predicted octanol–water partition coefficient (Wildman–Crippen LogP) is 1.16. The summed E-state index contributed by atoms with van der Waals surface area (Å²) in [4.78, 5) is 12.6. The van der Waals surface area contributed by atoms with Crippen LogP contribution < -0.4 is 5.32 Å². The third-order valence-electron chi connectivity index (χ3n) is 5.23. The average molecular weight is 321 g/mol. The fourth-order valence-corrected chi connectivity index (χ4v) is 3.72. The Kier molecular flexibility index (Phi) is 4.73. The van der Waals surface area contributed by atoms with E-state index >= 15 is 0 Å². The molecule has 6 heteroatoms. The van der Waals surface area contributed by atoms with Gasteiger partial charge in [-0.05, 0) is 43.9 Å². The Morgan fingerprint density at radius 3 is 2.83 bits per heavy atom. The molecule has 3 heterocycles. The molecule has 1 spiro atoms. The van der Waals surface area contributed by atoms with Gasteiger partial charge in [0.2, 0.25) is 0 Å². The zero-order chi connectivity index (χ0) is 16.4. The van der Waals surface area contributed by atoms with Crippen LogP contribution in [-0.4, -0.2) is 47.2 Å². The third-order valence-corrected chi connectivity index (χ3v) is 5.23. The molecule has 0 saturated carbocycles. The predicted molar refractivity (Wildman–Crippen MR) is 86.4 cm³/mol. The number of aliphatic hydroxyl groups is 1. The summed E-state index contributed by atoms with van der Waals surface area (Å²) in [7, 11) is 0. The zero-order valence-electron chi connectivity index (χ0n) is 14.1. The molecule has 23 heavy (non-hydrogen) atoms. The largest absolute Gasteiger partial charge is 0.396 e. The summed E-state index contributed by atoms with van der Waals surface area (Å²) < 4.78 is 7.35. The van der Waals surface area contributed by atoms with Crippen molar-refractivity contribution in [3.05, 3.63) is 17.0 Å². The molecular weight excluding hydrogens is 294 g/mol. The van der Waals surface area contributed by atoms with Gasteiger partial charge in [-0.3, -0.25) is 9.48 Å². The van der Waals surface area contributed by atoms with E-state index < -0.39 is 0 Å². The molecule has 0 bridgehead atoms. The summed E-state index contributed by atoms with van der Waals surface area (Å²) in [5, 5.41) is 17.2. The number of fused-ring (bicyclic) bond motifs is 1. The van der Waals surface area contributed by atoms with Crippen molar-refractivity contribution >= 4 is 5.91 Å². The van der Waals surface area contributed by atoms with Crippen molar-refractivity contribution in [2.24, 2.45) is 11.3 Å². The van der Waals surface area contributed by atoms with Crippen molar-refractivity contribution in [1.82, 2.24) is 15.1 Å². The van der Waals surface area contributed by atoms with Crippen molar-refractivity contribution in [2.75, 3.05) is 26.4 Å². The summed E-state index contributed by atoms with van der Waals surface area (Å²) in [6.07, 6.45) is 3.53. The molecular formula is C17H27N3O3. The smallest absolute Gasteiger partial charge is 0.269 e. The van der Waals surface area contributed by atoms with Gasteiger partial charge in [0, 0.05) is 38.5 Å². The second-order valence-corrected chi connectivity index (χ2v) is 7.05. The molecule has 0 radical (unpaired) electrons. The van der Waals surface area contributed by atoms with Crippen LogP contribution >= 0.6 is 0 Å². The molecule has 1 aromatic rings. The highest BCUT2D eigenvalue weighted by atomic mass is 16.5. The molecule has 1 unspecified atom stereocenters. The number of nitrogens with zero attached hydrogens (tertiary/aromatic N) is 2. The molecule has 0 aliphatic carbocycles. The van der Waals surface area contributed by atoms with Gasteiger partial charge in [-0.2, -0.15) is 5.10 Å². The van der Waals surface area contributed by atoms with Crippen LogP contribution in [-0.2, 0) is 24.1 Å². The maximum atomic E-state index is 12.6. The van der Waals surface area contributed by atoms with E-state index in [1.165, 1.54) is 0 Å². The summed E-state index contributed by atoms with van der Waals surface area (Å²) in [6.45, 7) is 7.07. The lowest BCUT2D eigenvalue weighted by molar-refractivity contribution is 0.0160. The van der Waals surface area contributed by atoms with Gasteiger partial charge in [0.1, 0.15) is 5.69 Å². The molecule has 1 fully saturated rings. The van der Waals surface area contributed by atoms with Gasteiger partial charge in [0.25, 0.3) is 5.91 Å². The van der Waals surface area contributed by atoms with Crippen LogP contribution in [0.5, 0.6) is 0 Å². The molecule has 6 nitrogen and oxygen atoms in total. The number of rotatable bonds is 4. The van der Waals surface area contributed by atoms with Crippen LogP contribution in [0.3, 0.4) is 0 Å². The minimum Gasteiger partial charge on any atom is -0.396 e. The van der Waals surface area contributed by atoms with E-state index in [1.54, 1.807) is 0 Å². The fraction of sp³-hybridized carbons (Fsp3) is 0.765. The normalized spacial score (nSPS) is 21.6. The number of carbonyl (C=O) groups is 1. The molecule has 1 saturated heterocycles. The van der Waals surface area contributed by atoms with Crippen LogP contribution in [0.15, 0.2) is 0 Å². The third kappa shape index (κ3) is 3.15. The first-order chi connectivity index (χ1) is 11.1. The van der Waals surface area contributed by atoms with E-state index in [1.807, 2.05) is 18.5 Å². The molecule has 0 aromatic carbocycles. The topological polar surface area (TPSA) is 76.4 Å². The summed E-state index contributed by atoms with van der Waals surface area (Å²) >= 11 is 0. The highest BCUT2D eigenvalue weighted by molar-refractivity contribution is 5.94. The van der Waals surface area contributed by atoms with Crippen molar-refractivity contribution in [1.29, 1.82) is 0 Å². The van der Waals surface area contributed by atoms with Crippen LogP contribution in [0.1, 0.15) is 48.4 Å². The first kappa shape index (κ1) is 16.5. The summed E-state index contributed by atoms with van der Waals surface area (Å²) in [5.74, 6) is 0.136. The Morgan fingerprint density at radius 2 is 2.17 bits per heavy atom. The Hall–Kier alpha value is -1.40. The maximum absolute atomic E-state index is 12.6. The molecule has 1 atom stereocenters. The number of carbonyl (C=O) groups excluding carboxylic acids is 1. The number of amides is 1. The standard InChI is InChI=1S/C17H27N3O3/c1-3-20-15-13(14(19-20)8-12(2)10-21)9-17(11-18-16(15)22)4-6-23-7-5-17/h12,21H,3-11H2,1-2H3,(H,18,22). The van der Waals surface area contributed by atoms with E-state index in [2.05, 4.69) is 10.4 Å². The number of nitrogens with one attached hydrogen (secondary N) is 1. The van der Waals surface area contributed by atoms with Crippen molar-refractivity contribution in [2.45, 2.75) is 46.1 Å². The number of ether oxygens (including phenoxy) is 1. The Bertz CT molecular complexity index is 576. The number of aromatic nitrogens is 2. The SMILES string of the molecule is CCn1nc(CC(C)CO)c2c1C(=O)NCC1(CCOCC1)C2. The lowest BCUT2D eigenvalue weighted by Gasteiger charge is -2.36. The van der Waals surface area contributed by atoms with Crippen molar-refractivity contribution < 1.29 is 14.6 Å². The highest BCUT2D eigenvalue weighted by Gasteiger charge is 2.39. The molecule has 2 aliphatic rings. The second-order valence-electron chi connectivity index (χ2n) is 7.05. The van der Waals surface area contributed by atoms with Crippen LogP contribution in [0.4, 0.5) is 0 Å². The van der Waals surface area contributed by atoms with Crippen LogP contribution in [0.2, 0.25) is 0 Å². The van der Waals surface area contributed by atoms with Gasteiger partial charge < -0.3 is 15.2 Å². The van der Waals surface area contributed by atoms with Gasteiger partial charge in [-0.25, -0.2) is 0 Å². The number of aliphatic hydroxyl groups excluding tert-OH is 1. The monoisotopic (exact) mass is 321 g/mol. The van der Waals surface area contributed by atoms with E-state index in [4.69, 9.17) is 4.74 Å². The van der Waals surface area contributed by atoms with Gasteiger partial charge in [0.15, 0.2) is 0 Å². The van der Waals surface area contributed by atoms with E-state index in [-0.39, 0.29) is 23.8 Å². The molecule has 2 aliphatic heterocycles. The second kappa shape index (κ2) is 6.61. The van der Waals surface area contributed by atoms with Crippen molar-refractivity contribution in [3.8, 4) is 0 Å². The average Bonchev–Trinajstić information content (AvgIpc) is 2.83. The Balaban J connectivity index is 2.00. The molecule has 1 amide bonds. The van der Waals surface area contributed by atoms with Gasteiger partial charge in [0.05, 0.1) is 5.69 Å². The summed E-state index contributed by atoms with van der Waals surface area (Å²) in [6, 6.07) is 0. The first-order valence-electron chi connectivity index (χ1n) is 8.64. The number of aryl methyl sites for hydroxylation is 1.